The molecule has 1 saturated heterocycles. The lowest BCUT2D eigenvalue weighted by atomic mass is 10.0. The van der Waals surface area contributed by atoms with Gasteiger partial charge in [-0.05, 0) is 28.8 Å². The lowest BCUT2D eigenvalue weighted by Crippen LogP contribution is -3.13. The highest BCUT2D eigenvalue weighted by molar-refractivity contribution is 5.85. The first kappa shape index (κ1) is 18.6. The van der Waals surface area contributed by atoms with Crippen LogP contribution in [0.15, 0.2) is 66.7 Å². The van der Waals surface area contributed by atoms with Gasteiger partial charge in [0.1, 0.15) is 12.4 Å². The number of quaternary nitrogens is 1. The van der Waals surface area contributed by atoms with Crippen LogP contribution in [0.1, 0.15) is 17.5 Å². The maximum Gasteiger partial charge on any atom is 0.223 e. The van der Waals surface area contributed by atoms with Gasteiger partial charge in [0, 0.05) is 12.0 Å². The third-order valence-corrected chi connectivity index (χ3v) is 5.71. The van der Waals surface area contributed by atoms with Crippen molar-refractivity contribution in [2.24, 2.45) is 0 Å². The number of nitrogens with one attached hydrogen (secondary N) is 1. The van der Waals surface area contributed by atoms with Gasteiger partial charge in [0.2, 0.25) is 5.91 Å². The average Bonchev–Trinajstić information content (AvgIpc) is 2.74. The van der Waals surface area contributed by atoms with Crippen LogP contribution in [0.5, 0.6) is 0 Å². The molecule has 4 heteroatoms. The van der Waals surface area contributed by atoms with E-state index in [-0.39, 0.29) is 11.7 Å². The van der Waals surface area contributed by atoms with E-state index in [0.29, 0.717) is 18.4 Å². The number of benzene rings is 3. The second-order valence-corrected chi connectivity index (χ2v) is 7.54. The van der Waals surface area contributed by atoms with Crippen LogP contribution in [0.4, 0.5) is 4.39 Å². The summed E-state index contributed by atoms with van der Waals surface area (Å²) in [5.41, 5.74) is 1.99. The van der Waals surface area contributed by atoms with Crippen LogP contribution in [-0.4, -0.2) is 37.0 Å². The second-order valence-electron chi connectivity index (χ2n) is 7.54. The molecule has 1 N–H and O–H groups in total. The molecular weight excluding hydrogens is 351 g/mol. The summed E-state index contributed by atoms with van der Waals surface area (Å²) in [6, 6.07) is 21.7. The molecule has 1 heterocycles. The number of piperazine rings is 1. The number of nitrogens with zero attached hydrogens (tertiary/aromatic N) is 1. The molecule has 0 aromatic heterocycles. The van der Waals surface area contributed by atoms with Crippen molar-refractivity contribution in [3.63, 3.8) is 0 Å². The smallest absolute Gasteiger partial charge is 0.223 e. The molecular formula is C24H26FN2O+. The first-order chi connectivity index (χ1) is 13.7. The molecule has 0 aliphatic carbocycles. The van der Waals surface area contributed by atoms with Crippen molar-refractivity contribution >= 4 is 16.7 Å². The molecule has 3 nitrogen and oxygen atoms in total. The Hall–Kier alpha value is -2.72. The van der Waals surface area contributed by atoms with Crippen LogP contribution < -0.4 is 4.90 Å². The molecule has 0 spiro atoms. The minimum absolute atomic E-state index is 0.132. The number of rotatable bonds is 5. The molecule has 1 amide bonds. The van der Waals surface area contributed by atoms with E-state index in [1.165, 1.54) is 27.3 Å². The standard InChI is InChI=1S/C24H25FN2O/c25-23-11-4-2-7-20(23)12-13-24(28)27-16-14-26(15-17-27)18-21-9-5-8-19-6-1-3-10-22(19)21/h1-11H,12-18H2/p+1. The monoisotopic (exact) mass is 377 g/mol. The highest BCUT2D eigenvalue weighted by Crippen LogP contribution is 2.17. The molecule has 0 bridgehead atoms. The van der Waals surface area contributed by atoms with Crippen molar-refractivity contribution in [3.8, 4) is 0 Å². The van der Waals surface area contributed by atoms with E-state index in [1.54, 1.807) is 12.1 Å². The van der Waals surface area contributed by atoms with Gasteiger partial charge in [-0.15, -0.1) is 0 Å². The summed E-state index contributed by atoms with van der Waals surface area (Å²) in [6.07, 6.45) is 0.841. The third-order valence-electron chi connectivity index (χ3n) is 5.71. The average molecular weight is 377 g/mol. The first-order valence-corrected chi connectivity index (χ1v) is 10.0. The van der Waals surface area contributed by atoms with Crippen LogP contribution in [0.2, 0.25) is 0 Å². The Balaban J connectivity index is 1.30. The fraction of sp³-hybridized carbons (Fsp3) is 0.292. The molecule has 0 saturated carbocycles. The van der Waals surface area contributed by atoms with Gasteiger partial charge in [0.25, 0.3) is 0 Å². The molecule has 1 fully saturated rings. The zero-order valence-electron chi connectivity index (χ0n) is 16.0. The summed E-state index contributed by atoms with van der Waals surface area (Å²) in [5, 5.41) is 2.60. The fourth-order valence-electron chi connectivity index (χ4n) is 4.07. The summed E-state index contributed by atoms with van der Waals surface area (Å²) in [6.45, 7) is 4.44. The van der Waals surface area contributed by atoms with Gasteiger partial charge in [0.05, 0.1) is 26.2 Å². The van der Waals surface area contributed by atoms with Gasteiger partial charge in [-0.3, -0.25) is 4.79 Å². The quantitative estimate of drug-likeness (QED) is 0.727. The van der Waals surface area contributed by atoms with Gasteiger partial charge in [0.15, 0.2) is 0 Å². The SMILES string of the molecule is O=C(CCc1ccccc1F)N1CC[NH+](Cc2cccc3ccccc23)CC1. The third kappa shape index (κ3) is 4.23. The molecule has 1 aliphatic heterocycles. The Bertz CT molecular complexity index is 958. The topological polar surface area (TPSA) is 24.8 Å². The Kier molecular flexibility index (Phi) is 5.68. The van der Waals surface area contributed by atoms with E-state index in [0.717, 1.165) is 32.7 Å². The number of carbonyl (C=O) groups is 1. The second kappa shape index (κ2) is 8.53. The minimum atomic E-state index is -0.223. The molecule has 0 unspecified atom stereocenters. The van der Waals surface area contributed by atoms with Crippen LogP contribution in [0, 0.1) is 5.82 Å². The maximum absolute atomic E-state index is 13.7. The number of hydrogen-bond donors (Lipinski definition) is 1. The van der Waals surface area contributed by atoms with Gasteiger partial charge in [-0.1, -0.05) is 60.7 Å². The van der Waals surface area contributed by atoms with Gasteiger partial charge in [-0.2, -0.15) is 0 Å². The van der Waals surface area contributed by atoms with Crippen LogP contribution in [-0.2, 0) is 17.8 Å². The van der Waals surface area contributed by atoms with Crippen molar-refractivity contribution in [3.05, 3.63) is 83.7 Å². The number of carbonyl (C=O) groups excluding carboxylic acids is 1. The zero-order chi connectivity index (χ0) is 19.3. The maximum atomic E-state index is 13.7. The number of fused-ring (bicyclic) bond motifs is 1. The Morgan fingerprint density at radius 1 is 0.893 bits per heavy atom. The number of aryl methyl sites for hydroxylation is 1. The molecule has 144 valence electrons. The van der Waals surface area contributed by atoms with E-state index in [4.69, 9.17) is 0 Å². The Morgan fingerprint density at radius 2 is 1.57 bits per heavy atom. The van der Waals surface area contributed by atoms with E-state index in [9.17, 15) is 9.18 Å². The summed E-state index contributed by atoms with van der Waals surface area (Å²) in [5.74, 6) is -0.0906. The Labute approximate surface area is 165 Å². The normalized spacial score (nSPS) is 15.1. The van der Waals surface area contributed by atoms with Gasteiger partial charge in [-0.25, -0.2) is 4.39 Å². The van der Waals surface area contributed by atoms with E-state index in [2.05, 4.69) is 42.5 Å². The lowest BCUT2D eigenvalue weighted by molar-refractivity contribution is -0.917. The van der Waals surface area contributed by atoms with Crippen molar-refractivity contribution in [2.75, 3.05) is 26.2 Å². The van der Waals surface area contributed by atoms with E-state index < -0.39 is 0 Å². The van der Waals surface area contributed by atoms with Crippen LogP contribution >= 0.6 is 0 Å². The number of halogens is 1. The number of hydrogen-bond acceptors (Lipinski definition) is 1. The summed E-state index contributed by atoms with van der Waals surface area (Å²) < 4.78 is 13.7. The summed E-state index contributed by atoms with van der Waals surface area (Å²) in [7, 11) is 0. The summed E-state index contributed by atoms with van der Waals surface area (Å²) in [4.78, 5) is 16.0. The molecule has 4 rings (SSSR count). The molecule has 3 aromatic carbocycles. The number of amides is 1. The van der Waals surface area contributed by atoms with Crippen molar-refractivity contribution in [2.45, 2.75) is 19.4 Å². The van der Waals surface area contributed by atoms with Crippen LogP contribution in [0.3, 0.4) is 0 Å². The van der Waals surface area contributed by atoms with Gasteiger partial charge >= 0.3 is 0 Å². The molecule has 28 heavy (non-hydrogen) atoms. The zero-order valence-corrected chi connectivity index (χ0v) is 16.0. The van der Waals surface area contributed by atoms with Crippen LogP contribution in [0.25, 0.3) is 10.8 Å². The molecule has 1 aliphatic rings. The highest BCUT2D eigenvalue weighted by atomic mass is 19.1. The Morgan fingerprint density at radius 3 is 2.39 bits per heavy atom. The highest BCUT2D eigenvalue weighted by Gasteiger charge is 2.24. The van der Waals surface area contributed by atoms with Crippen molar-refractivity contribution in [1.29, 1.82) is 0 Å². The van der Waals surface area contributed by atoms with E-state index in [1.807, 2.05) is 11.0 Å². The summed E-state index contributed by atoms with van der Waals surface area (Å²) >= 11 is 0. The predicted octanol–water partition coefficient (Wildman–Crippen LogP) is 2.84. The predicted molar refractivity (Wildman–Crippen MR) is 110 cm³/mol. The largest absolute Gasteiger partial charge is 0.331 e. The fourth-order valence-corrected chi connectivity index (χ4v) is 4.07. The molecule has 3 aromatic rings. The molecule has 0 radical (unpaired) electrons. The van der Waals surface area contributed by atoms with Crippen molar-refractivity contribution in [1.82, 2.24) is 4.90 Å². The van der Waals surface area contributed by atoms with Crippen molar-refractivity contribution < 1.29 is 14.1 Å². The van der Waals surface area contributed by atoms with Gasteiger partial charge < -0.3 is 9.80 Å². The van der Waals surface area contributed by atoms with E-state index >= 15 is 0 Å². The molecule has 0 atom stereocenters. The first-order valence-electron chi connectivity index (χ1n) is 10.0. The minimum Gasteiger partial charge on any atom is -0.331 e. The lowest BCUT2D eigenvalue weighted by Gasteiger charge is -2.32.